The van der Waals surface area contributed by atoms with Crippen LogP contribution in [0, 0.1) is 5.82 Å². The van der Waals surface area contributed by atoms with Crippen LogP contribution < -0.4 is 10.6 Å². The molecule has 92 valence electrons. The summed E-state index contributed by atoms with van der Waals surface area (Å²) >= 11 is 0. The van der Waals surface area contributed by atoms with Crippen molar-refractivity contribution in [2.24, 2.45) is 0 Å². The number of hydrogen-bond donors (Lipinski definition) is 3. The van der Waals surface area contributed by atoms with Crippen molar-refractivity contribution in [1.29, 1.82) is 0 Å². The van der Waals surface area contributed by atoms with Gasteiger partial charge in [-0.1, -0.05) is 13.0 Å². The highest BCUT2D eigenvalue weighted by Gasteiger charge is 2.17. The Bertz CT molecular complexity index is 423. The number of carbonyl (C=O) groups excluding carboxylic acids is 1. The van der Waals surface area contributed by atoms with Crippen LogP contribution in [0.5, 0.6) is 0 Å². The van der Waals surface area contributed by atoms with E-state index >= 15 is 0 Å². The number of amides is 2. The molecule has 0 aliphatic carbocycles. The molecule has 0 fully saturated rings. The standard InChI is InChI=1S/C11H13FN2O3/c1-2-9(10(15)16)14-11(17)13-8-5-3-4-7(12)6-8/h3-6,9H,2H2,1H3,(H,15,16)(H2,13,14,17)/t9-/m0/s1. The third kappa shape index (κ3) is 4.10. The molecule has 0 saturated heterocycles. The minimum atomic E-state index is -1.11. The number of anilines is 1. The Kier molecular flexibility index (Phi) is 4.45. The molecule has 0 aliphatic rings. The van der Waals surface area contributed by atoms with E-state index in [0.717, 1.165) is 6.07 Å². The van der Waals surface area contributed by atoms with Crippen molar-refractivity contribution >= 4 is 17.7 Å². The number of aliphatic carboxylic acids is 1. The van der Waals surface area contributed by atoms with E-state index in [0.29, 0.717) is 0 Å². The highest BCUT2D eigenvalue weighted by molar-refractivity contribution is 5.92. The zero-order valence-corrected chi connectivity index (χ0v) is 9.24. The lowest BCUT2D eigenvalue weighted by atomic mass is 10.2. The number of carboxylic acid groups (broad SMARTS) is 1. The molecule has 1 atom stereocenters. The molecule has 1 rings (SSSR count). The van der Waals surface area contributed by atoms with Gasteiger partial charge in [-0.25, -0.2) is 14.0 Å². The molecule has 17 heavy (non-hydrogen) atoms. The molecule has 1 aromatic rings. The predicted molar refractivity (Wildman–Crippen MR) is 60.3 cm³/mol. The van der Waals surface area contributed by atoms with Crippen LogP contribution in [0.15, 0.2) is 24.3 Å². The summed E-state index contributed by atoms with van der Waals surface area (Å²) in [6.07, 6.45) is 0.270. The van der Waals surface area contributed by atoms with E-state index in [-0.39, 0.29) is 12.1 Å². The lowest BCUT2D eigenvalue weighted by molar-refractivity contribution is -0.139. The Morgan fingerprint density at radius 1 is 1.47 bits per heavy atom. The van der Waals surface area contributed by atoms with Crippen molar-refractivity contribution in [2.45, 2.75) is 19.4 Å². The van der Waals surface area contributed by atoms with Crippen LogP contribution in [-0.4, -0.2) is 23.1 Å². The van der Waals surface area contributed by atoms with Crippen molar-refractivity contribution in [3.63, 3.8) is 0 Å². The molecular weight excluding hydrogens is 227 g/mol. The number of hydrogen-bond acceptors (Lipinski definition) is 2. The van der Waals surface area contributed by atoms with Gasteiger partial charge in [-0.15, -0.1) is 0 Å². The maximum atomic E-state index is 12.8. The average molecular weight is 240 g/mol. The number of nitrogens with one attached hydrogen (secondary N) is 2. The van der Waals surface area contributed by atoms with Crippen LogP contribution in [-0.2, 0) is 4.79 Å². The highest BCUT2D eigenvalue weighted by Crippen LogP contribution is 2.08. The van der Waals surface area contributed by atoms with Crippen LogP contribution in [0.2, 0.25) is 0 Å². The van der Waals surface area contributed by atoms with Gasteiger partial charge < -0.3 is 15.7 Å². The number of rotatable bonds is 4. The number of carboxylic acids is 1. The maximum Gasteiger partial charge on any atom is 0.326 e. The summed E-state index contributed by atoms with van der Waals surface area (Å²) in [5.41, 5.74) is 0.266. The van der Waals surface area contributed by atoms with Gasteiger partial charge >= 0.3 is 12.0 Å². The molecule has 5 nitrogen and oxygen atoms in total. The zero-order valence-electron chi connectivity index (χ0n) is 9.24. The van der Waals surface area contributed by atoms with Crippen molar-refractivity contribution in [3.05, 3.63) is 30.1 Å². The molecule has 0 bridgehead atoms. The summed E-state index contributed by atoms with van der Waals surface area (Å²) in [5.74, 6) is -1.59. The molecule has 6 heteroatoms. The first-order valence-corrected chi connectivity index (χ1v) is 5.08. The molecular formula is C11H13FN2O3. The monoisotopic (exact) mass is 240 g/mol. The smallest absolute Gasteiger partial charge is 0.326 e. The third-order valence-corrected chi connectivity index (χ3v) is 2.09. The largest absolute Gasteiger partial charge is 0.480 e. The Labute approximate surface area is 97.6 Å². The van der Waals surface area contributed by atoms with Gasteiger partial charge in [0, 0.05) is 5.69 Å². The van der Waals surface area contributed by atoms with Gasteiger partial charge in [0.2, 0.25) is 0 Å². The van der Waals surface area contributed by atoms with Gasteiger partial charge in [-0.3, -0.25) is 0 Å². The van der Waals surface area contributed by atoms with E-state index in [9.17, 15) is 14.0 Å². The van der Waals surface area contributed by atoms with Crippen LogP contribution in [0.1, 0.15) is 13.3 Å². The minimum absolute atomic E-state index is 0.266. The van der Waals surface area contributed by atoms with E-state index in [1.165, 1.54) is 18.2 Å². The molecule has 0 spiro atoms. The first-order chi connectivity index (χ1) is 8.02. The number of carbonyl (C=O) groups is 2. The average Bonchev–Trinajstić information content (AvgIpc) is 2.25. The molecule has 0 unspecified atom stereocenters. The molecule has 0 radical (unpaired) electrons. The highest BCUT2D eigenvalue weighted by atomic mass is 19.1. The second kappa shape index (κ2) is 5.83. The lowest BCUT2D eigenvalue weighted by Crippen LogP contribution is -2.42. The Balaban J connectivity index is 2.58. The summed E-state index contributed by atoms with van der Waals surface area (Å²) in [4.78, 5) is 22.1. The SMILES string of the molecule is CC[C@H](NC(=O)Nc1cccc(F)c1)C(=O)O. The van der Waals surface area contributed by atoms with Crippen molar-refractivity contribution < 1.29 is 19.1 Å². The lowest BCUT2D eigenvalue weighted by Gasteiger charge is -2.13. The fraction of sp³-hybridized carbons (Fsp3) is 0.273. The van der Waals surface area contributed by atoms with Crippen LogP contribution in [0.4, 0.5) is 14.9 Å². The topological polar surface area (TPSA) is 78.4 Å². The molecule has 1 aromatic carbocycles. The van der Waals surface area contributed by atoms with Crippen LogP contribution in [0.25, 0.3) is 0 Å². The summed E-state index contributed by atoms with van der Waals surface area (Å²) < 4.78 is 12.8. The Morgan fingerprint density at radius 2 is 2.18 bits per heavy atom. The third-order valence-electron chi connectivity index (χ3n) is 2.09. The molecule has 3 N–H and O–H groups in total. The Hall–Kier alpha value is -2.11. The molecule has 0 aliphatic heterocycles. The minimum Gasteiger partial charge on any atom is -0.480 e. The maximum absolute atomic E-state index is 12.8. The van der Waals surface area contributed by atoms with Gasteiger partial charge in [0.15, 0.2) is 0 Å². The van der Waals surface area contributed by atoms with E-state index in [1.54, 1.807) is 6.92 Å². The first-order valence-electron chi connectivity index (χ1n) is 5.08. The van der Waals surface area contributed by atoms with Crippen LogP contribution >= 0.6 is 0 Å². The van der Waals surface area contributed by atoms with Gasteiger partial charge in [0.1, 0.15) is 11.9 Å². The molecule has 0 heterocycles. The zero-order chi connectivity index (χ0) is 12.8. The number of halogens is 1. The number of urea groups is 1. The second-order valence-corrected chi connectivity index (χ2v) is 3.41. The normalized spacial score (nSPS) is 11.6. The van der Waals surface area contributed by atoms with Crippen molar-refractivity contribution in [1.82, 2.24) is 5.32 Å². The summed E-state index contributed by atoms with van der Waals surface area (Å²) in [6, 6.07) is 3.70. The summed E-state index contributed by atoms with van der Waals surface area (Å²) in [6.45, 7) is 1.64. The van der Waals surface area contributed by atoms with Gasteiger partial charge in [0.05, 0.1) is 0 Å². The summed E-state index contributed by atoms with van der Waals surface area (Å²) in [5, 5.41) is 13.3. The first kappa shape index (κ1) is 13.0. The Morgan fingerprint density at radius 3 is 2.71 bits per heavy atom. The molecule has 2 amide bonds. The van der Waals surface area contributed by atoms with E-state index in [4.69, 9.17) is 5.11 Å². The molecule has 0 aromatic heterocycles. The number of benzene rings is 1. The van der Waals surface area contributed by atoms with Crippen molar-refractivity contribution in [2.75, 3.05) is 5.32 Å². The van der Waals surface area contributed by atoms with Crippen molar-refractivity contribution in [3.8, 4) is 0 Å². The summed E-state index contributed by atoms with van der Waals surface area (Å²) in [7, 11) is 0. The fourth-order valence-electron chi connectivity index (χ4n) is 1.23. The van der Waals surface area contributed by atoms with Gasteiger partial charge in [0.25, 0.3) is 0 Å². The fourth-order valence-corrected chi connectivity index (χ4v) is 1.23. The second-order valence-electron chi connectivity index (χ2n) is 3.41. The van der Waals surface area contributed by atoms with Crippen LogP contribution in [0.3, 0.4) is 0 Å². The predicted octanol–water partition coefficient (Wildman–Crippen LogP) is 1.81. The van der Waals surface area contributed by atoms with E-state index in [1.807, 2.05) is 0 Å². The van der Waals surface area contributed by atoms with Gasteiger partial charge in [-0.2, -0.15) is 0 Å². The van der Waals surface area contributed by atoms with E-state index < -0.39 is 23.9 Å². The van der Waals surface area contributed by atoms with Gasteiger partial charge in [-0.05, 0) is 24.6 Å². The molecule has 0 saturated carbocycles. The van der Waals surface area contributed by atoms with E-state index in [2.05, 4.69) is 10.6 Å². The quantitative estimate of drug-likeness (QED) is 0.751.